The topological polar surface area (TPSA) is 47.2 Å². The molecule has 2 rings (SSSR count). The van der Waals surface area contributed by atoms with Gasteiger partial charge in [-0.3, -0.25) is 13.9 Å². The van der Waals surface area contributed by atoms with Crippen molar-refractivity contribution in [1.82, 2.24) is 14.0 Å². The van der Waals surface area contributed by atoms with Crippen LogP contribution in [0.3, 0.4) is 0 Å². The highest BCUT2D eigenvalue weighted by Gasteiger charge is 2.13. The molecule has 0 saturated heterocycles. The van der Waals surface area contributed by atoms with E-state index in [4.69, 9.17) is 0 Å². The van der Waals surface area contributed by atoms with Gasteiger partial charge in [0.15, 0.2) is 0 Å². The number of hydrogen-bond donors (Lipinski definition) is 0. The van der Waals surface area contributed by atoms with E-state index in [0.717, 1.165) is 29.7 Å². The minimum absolute atomic E-state index is 0.0489. The number of amides is 1. The third kappa shape index (κ3) is 2.35. The van der Waals surface area contributed by atoms with Crippen molar-refractivity contribution in [3.05, 3.63) is 34.2 Å². The summed E-state index contributed by atoms with van der Waals surface area (Å²) in [5.41, 5.74) is 2.64. The van der Waals surface area contributed by atoms with Crippen molar-refractivity contribution < 1.29 is 4.79 Å². The van der Waals surface area contributed by atoms with Gasteiger partial charge in [0.05, 0.1) is 17.5 Å². The molecular formula is C15H21N3O2. The molecule has 1 aromatic heterocycles. The van der Waals surface area contributed by atoms with E-state index in [0.29, 0.717) is 6.42 Å². The SMILES string of the molecule is CCN(CC)C(=O)Cc1ccc2c(c1)n(C)c(=O)n2C. The molecule has 0 aliphatic rings. The molecule has 108 valence electrons. The van der Waals surface area contributed by atoms with Gasteiger partial charge in [0.2, 0.25) is 5.91 Å². The standard InChI is InChI=1S/C15H21N3O2/c1-5-18(6-2)14(19)10-11-7-8-12-13(9-11)17(4)15(20)16(12)3/h7-9H,5-6,10H2,1-4H3. The molecule has 2 aromatic rings. The molecule has 0 saturated carbocycles. The monoisotopic (exact) mass is 275 g/mol. The van der Waals surface area contributed by atoms with Crippen LogP contribution >= 0.6 is 0 Å². The summed E-state index contributed by atoms with van der Waals surface area (Å²) in [7, 11) is 3.51. The molecule has 0 bridgehead atoms. The summed E-state index contributed by atoms with van der Waals surface area (Å²) in [6, 6.07) is 5.75. The first-order chi connectivity index (χ1) is 9.49. The van der Waals surface area contributed by atoms with Gasteiger partial charge in [0, 0.05) is 27.2 Å². The fraction of sp³-hybridized carbons (Fsp3) is 0.467. The number of carbonyl (C=O) groups excluding carboxylic acids is 1. The van der Waals surface area contributed by atoms with Crippen molar-refractivity contribution >= 4 is 16.9 Å². The molecule has 5 heteroatoms. The Morgan fingerprint density at radius 2 is 1.70 bits per heavy atom. The maximum absolute atomic E-state index is 12.1. The van der Waals surface area contributed by atoms with Crippen LogP contribution in [-0.2, 0) is 25.3 Å². The van der Waals surface area contributed by atoms with E-state index in [1.54, 1.807) is 23.2 Å². The molecule has 20 heavy (non-hydrogen) atoms. The van der Waals surface area contributed by atoms with E-state index in [2.05, 4.69) is 0 Å². The predicted octanol–water partition coefficient (Wildman–Crippen LogP) is 1.29. The zero-order valence-electron chi connectivity index (χ0n) is 12.5. The second-order valence-electron chi connectivity index (χ2n) is 4.97. The van der Waals surface area contributed by atoms with Crippen molar-refractivity contribution in [3.63, 3.8) is 0 Å². The fourth-order valence-electron chi connectivity index (χ4n) is 2.53. The molecule has 0 N–H and O–H groups in total. The lowest BCUT2D eigenvalue weighted by Gasteiger charge is -2.18. The minimum atomic E-state index is -0.0489. The smallest absolute Gasteiger partial charge is 0.328 e. The fourth-order valence-corrected chi connectivity index (χ4v) is 2.53. The quantitative estimate of drug-likeness (QED) is 0.844. The lowest BCUT2D eigenvalue weighted by Crippen LogP contribution is -2.31. The number of carbonyl (C=O) groups is 1. The van der Waals surface area contributed by atoms with Crippen LogP contribution in [0, 0.1) is 0 Å². The number of nitrogens with zero attached hydrogens (tertiary/aromatic N) is 3. The summed E-state index contributed by atoms with van der Waals surface area (Å²) in [6.45, 7) is 5.40. The Morgan fingerprint density at radius 3 is 2.30 bits per heavy atom. The predicted molar refractivity (Wildman–Crippen MR) is 79.8 cm³/mol. The van der Waals surface area contributed by atoms with Gasteiger partial charge < -0.3 is 4.90 Å². The third-order valence-corrected chi connectivity index (χ3v) is 3.81. The Morgan fingerprint density at radius 1 is 1.10 bits per heavy atom. The van der Waals surface area contributed by atoms with E-state index >= 15 is 0 Å². The summed E-state index contributed by atoms with van der Waals surface area (Å²) >= 11 is 0. The summed E-state index contributed by atoms with van der Waals surface area (Å²) in [4.78, 5) is 25.8. The third-order valence-electron chi connectivity index (χ3n) is 3.81. The average molecular weight is 275 g/mol. The Labute approximate surface area is 118 Å². The van der Waals surface area contributed by atoms with Gasteiger partial charge >= 0.3 is 5.69 Å². The molecule has 0 aliphatic carbocycles. The van der Waals surface area contributed by atoms with Crippen LogP contribution in [0.25, 0.3) is 11.0 Å². The van der Waals surface area contributed by atoms with E-state index in [1.165, 1.54) is 0 Å². The Kier molecular flexibility index (Phi) is 3.97. The van der Waals surface area contributed by atoms with Crippen LogP contribution in [0.1, 0.15) is 19.4 Å². The lowest BCUT2D eigenvalue weighted by atomic mass is 10.1. The van der Waals surface area contributed by atoms with Crippen molar-refractivity contribution in [1.29, 1.82) is 0 Å². The number of hydrogen-bond acceptors (Lipinski definition) is 2. The first-order valence-corrected chi connectivity index (χ1v) is 6.91. The van der Waals surface area contributed by atoms with Crippen LogP contribution in [0.5, 0.6) is 0 Å². The maximum atomic E-state index is 12.1. The molecular weight excluding hydrogens is 254 g/mol. The highest BCUT2D eigenvalue weighted by molar-refractivity contribution is 5.82. The summed E-state index contributed by atoms with van der Waals surface area (Å²) < 4.78 is 3.23. The van der Waals surface area contributed by atoms with E-state index < -0.39 is 0 Å². The van der Waals surface area contributed by atoms with Crippen LogP contribution in [-0.4, -0.2) is 33.0 Å². The molecule has 5 nitrogen and oxygen atoms in total. The number of likely N-dealkylation sites (N-methyl/N-ethyl adjacent to an activating group) is 1. The van der Waals surface area contributed by atoms with Gasteiger partial charge in [0.1, 0.15) is 0 Å². The van der Waals surface area contributed by atoms with Crippen molar-refractivity contribution in [2.45, 2.75) is 20.3 Å². The number of aryl methyl sites for hydroxylation is 2. The number of benzene rings is 1. The largest absolute Gasteiger partial charge is 0.343 e. The zero-order valence-corrected chi connectivity index (χ0v) is 12.5. The summed E-state index contributed by atoms with van der Waals surface area (Å²) in [5, 5.41) is 0. The molecule has 1 heterocycles. The first kappa shape index (κ1) is 14.4. The molecule has 0 radical (unpaired) electrons. The van der Waals surface area contributed by atoms with Gasteiger partial charge in [-0.1, -0.05) is 6.07 Å². The highest BCUT2D eigenvalue weighted by atomic mass is 16.2. The molecule has 0 spiro atoms. The summed E-state index contributed by atoms with van der Waals surface area (Å²) in [6.07, 6.45) is 0.376. The van der Waals surface area contributed by atoms with Gasteiger partial charge in [-0.25, -0.2) is 4.79 Å². The van der Waals surface area contributed by atoms with Crippen LogP contribution in [0.15, 0.2) is 23.0 Å². The van der Waals surface area contributed by atoms with Crippen molar-refractivity contribution in [3.8, 4) is 0 Å². The van der Waals surface area contributed by atoms with Gasteiger partial charge in [-0.2, -0.15) is 0 Å². The molecule has 0 unspecified atom stereocenters. The lowest BCUT2D eigenvalue weighted by molar-refractivity contribution is -0.130. The van der Waals surface area contributed by atoms with Gasteiger partial charge in [0.25, 0.3) is 0 Å². The number of rotatable bonds is 4. The van der Waals surface area contributed by atoms with Crippen LogP contribution in [0.2, 0.25) is 0 Å². The Balaban J connectivity index is 2.35. The molecule has 0 aliphatic heterocycles. The second-order valence-corrected chi connectivity index (χ2v) is 4.97. The number of fused-ring (bicyclic) bond motifs is 1. The van der Waals surface area contributed by atoms with Crippen molar-refractivity contribution in [2.75, 3.05) is 13.1 Å². The summed E-state index contributed by atoms with van der Waals surface area (Å²) in [5.74, 6) is 0.121. The van der Waals surface area contributed by atoms with Gasteiger partial charge in [-0.15, -0.1) is 0 Å². The van der Waals surface area contributed by atoms with Gasteiger partial charge in [-0.05, 0) is 31.5 Å². The Hall–Kier alpha value is -2.04. The molecule has 1 amide bonds. The second kappa shape index (κ2) is 5.53. The molecule has 0 fully saturated rings. The minimum Gasteiger partial charge on any atom is -0.343 e. The maximum Gasteiger partial charge on any atom is 0.328 e. The van der Waals surface area contributed by atoms with E-state index in [9.17, 15) is 9.59 Å². The van der Waals surface area contributed by atoms with Crippen LogP contribution in [0.4, 0.5) is 0 Å². The van der Waals surface area contributed by atoms with Crippen LogP contribution < -0.4 is 5.69 Å². The van der Waals surface area contributed by atoms with E-state index in [-0.39, 0.29) is 11.6 Å². The molecule has 1 aromatic carbocycles. The molecule has 0 atom stereocenters. The highest BCUT2D eigenvalue weighted by Crippen LogP contribution is 2.15. The number of imidazole rings is 1. The van der Waals surface area contributed by atoms with E-state index in [1.807, 2.05) is 36.9 Å². The first-order valence-electron chi connectivity index (χ1n) is 6.91. The zero-order chi connectivity index (χ0) is 14.9. The normalized spacial score (nSPS) is 11.0. The number of aromatic nitrogens is 2. The Bertz CT molecular complexity index is 693. The average Bonchev–Trinajstić information content (AvgIpc) is 2.65. The van der Waals surface area contributed by atoms with Crippen molar-refractivity contribution in [2.24, 2.45) is 14.1 Å².